The van der Waals surface area contributed by atoms with E-state index in [9.17, 15) is 4.79 Å². The zero-order chi connectivity index (χ0) is 16.5. The molecular weight excluding hydrogens is 290 g/mol. The lowest BCUT2D eigenvalue weighted by atomic mass is 10.00. The maximum Gasteiger partial charge on any atom is 0.244 e. The van der Waals surface area contributed by atoms with Gasteiger partial charge in [-0.05, 0) is 30.5 Å². The van der Waals surface area contributed by atoms with E-state index in [1.54, 1.807) is 12.1 Å². The molecule has 6 nitrogen and oxygen atoms in total. The molecular formula is C17H19N5O. The molecule has 0 saturated heterocycles. The van der Waals surface area contributed by atoms with Crippen LogP contribution in [0.5, 0.6) is 0 Å². The second-order valence-corrected chi connectivity index (χ2v) is 5.10. The van der Waals surface area contributed by atoms with Crippen molar-refractivity contribution in [3.63, 3.8) is 0 Å². The summed E-state index contributed by atoms with van der Waals surface area (Å²) in [5.41, 5.74) is 14.3. The van der Waals surface area contributed by atoms with Gasteiger partial charge < -0.3 is 5.73 Å². The predicted octanol–water partition coefficient (Wildman–Crippen LogP) is 4.18. The lowest BCUT2D eigenvalue weighted by Crippen LogP contribution is -2.26. The monoisotopic (exact) mass is 309 g/mol. The maximum atomic E-state index is 11.5. The largest absolute Gasteiger partial charge is 0.368 e. The maximum absolute atomic E-state index is 11.5. The van der Waals surface area contributed by atoms with Crippen LogP contribution in [0.25, 0.3) is 0 Å². The van der Waals surface area contributed by atoms with Crippen LogP contribution in [0.15, 0.2) is 76.0 Å². The van der Waals surface area contributed by atoms with E-state index in [0.717, 1.165) is 5.56 Å². The van der Waals surface area contributed by atoms with Gasteiger partial charge in [0, 0.05) is 0 Å². The smallest absolute Gasteiger partial charge is 0.244 e. The molecule has 0 aliphatic heterocycles. The standard InChI is InChI=1S/C17H19N5O/c18-17(23)16(22-21-14-9-5-2-6-10-14)12-11-15(20-19)13-7-3-1-4-8-13/h1-10,15-16,19H,11-12H2,(H2,18,23). The van der Waals surface area contributed by atoms with Crippen molar-refractivity contribution in [3.05, 3.63) is 66.2 Å². The van der Waals surface area contributed by atoms with E-state index < -0.39 is 11.9 Å². The molecule has 6 heteroatoms. The third-order valence-corrected chi connectivity index (χ3v) is 3.45. The summed E-state index contributed by atoms with van der Waals surface area (Å²) >= 11 is 0. The Balaban J connectivity index is 2.01. The Hall–Kier alpha value is -2.89. The number of hydrogen-bond donors (Lipinski definition) is 2. The average molecular weight is 309 g/mol. The third kappa shape index (κ3) is 5.10. The minimum absolute atomic E-state index is 0.301. The normalized spacial score (nSPS) is 13.6. The highest BCUT2D eigenvalue weighted by Gasteiger charge is 2.18. The minimum atomic E-state index is -0.719. The Kier molecular flexibility index (Phi) is 6.11. The first-order chi connectivity index (χ1) is 11.2. The van der Waals surface area contributed by atoms with E-state index in [2.05, 4.69) is 15.3 Å². The highest BCUT2D eigenvalue weighted by molar-refractivity contribution is 5.79. The van der Waals surface area contributed by atoms with Crippen LogP contribution in [0, 0.1) is 5.53 Å². The second-order valence-electron chi connectivity index (χ2n) is 5.10. The highest BCUT2D eigenvalue weighted by atomic mass is 16.1. The Morgan fingerprint density at radius 2 is 1.61 bits per heavy atom. The van der Waals surface area contributed by atoms with Crippen molar-refractivity contribution >= 4 is 11.6 Å². The second kappa shape index (κ2) is 8.53. The van der Waals surface area contributed by atoms with Gasteiger partial charge in [-0.25, -0.2) is 5.53 Å². The Morgan fingerprint density at radius 3 is 2.17 bits per heavy atom. The molecule has 2 rings (SSSR count). The zero-order valence-electron chi connectivity index (χ0n) is 12.7. The number of nitrogens with two attached hydrogens (primary N) is 1. The average Bonchev–Trinajstić information content (AvgIpc) is 2.59. The molecule has 0 spiro atoms. The van der Waals surface area contributed by atoms with Crippen LogP contribution in [0.1, 0.15) is 24.4 Å². The van der Waals surface area contributed by atoms with Crippen LogP contribution in [0.4, 0.5) is 5.69 Å². The summed E-state index contributed by atoms with van der Waals surface area (Å²) in [4.78, 5) is 11.5. The molecule has 0 aliphatic carbocycles. The van der Waals surface area contributed by atoms with Crippen LogP contribution in [0.2, 0.25) is 0 Å². The van der Waals surface area contributed by atoms with Crippen molar-refractivity contribution in [1.82, 2.24) is 0 Å². The van der Waals surface area contributed by atoms with Crippen LogP contribution >= 0.6 is 0 Å². The van der Waals surface area contributed by atoms with Crippen molar-refractivity contribution in [3.8, 4) is 0 Å². The number of primary amides is 1. The first-order valence-electron chi connectivity index (χ1n) is 7.37. The van der Waals surface area contributed by atoms with E-state index in [1.165, 1.54) is 0 Å². The SMILES string of the molecule is N=NC(CCC(N=Nc1ccccc1)C(N)=O)c1ccccc1. The Morgan fingerprint density at radius 1 is 1.00 bits per heavy atom. The van der Waals surface area contributed by atoms with Gasteiger partial charge in [0.2, 0.25) is 5.91 Å². The summed E-state index contributed by atoms with van der Waals surface area (Å²) in [6.07, 6.45) is 0.905. The van der Waals surface area contributed by atoms with Crippen LogP contribution < -0.4 is 5.73 Å². The summed E-state index contributed by atoms with van der Waals surface area (Å²) in [6.45, 7) is 0. The molecule has 0 heterocycles. The molecule has 0 saturated carbocycles. The highest BCUT2D eigenvalue weighted by Crippen LogP contribution is 2.24. The molecule has 2 aromatic carbocycles. The van der Waals surface area contributed by atoms with E-state index in [4.69, 9.17) is 11.3 Å². The van der Waals surface area contributed by atoms with Crippen molar-refractivity contribution in [2.45, 2.75) is 24.9 Å². The van der Waals surface area contributed by atoms with Gasteiger partial charge in [0.1, 0.15) is 6.04 Å². The summed E-state index contributed by atoms with van der Waals surface area (Å²) in [6, 6.07) is 17.7. The van der Waals surface area contributed by atoms with Crippen LogP contribution in [-0.4, -0.2) is 11.9 Å². The molecule has 3 N–H and O–H groups in total. The first kappa shape index (κ1) is 16.5. The fraction of sp³-hybridized carbons (Fsp3) is 0.235. The van der Waals surface area contributed by atoms with Crippen molar-refractivity contribution in [1.29, 1.82) is 5.53 Å². The number of benzene rings is 2. The van der Waals surface area contributed by atoms with Gasteiger partial charge >= 0.3 is 0 Å². The fourth-order valence-electron chi connectivity index (χ4n) is 2.18. The summed E-state index contributed by atoms with van der Waals surface area (Å²) in [5.74, 6) is -0.526. The number of hydrogen-bond acceptors (Lipinski definition) is 5. The van der Waals surface area contributed by atoms with Gasteiger partial charge in [-0.3, -0.25) is 4.79 Å². The number of amides is 1. The third-order valence-electron chi connectivity index (χ3n) is 3.45. The van der Waals surface area contributed by atoms with Gasteiger partial charge in [-0.1, -0.05) is 48.5 Å². The molecule has 118 valence electrons. The number of carbonyl (C=O) groups is 1. The molecule has 0 aromatic heterocycles. The fourth-order valence-corrected chi connectivity index (χ4v) is 2.18. The molecule has 2 atom stereocenters. The van der Waals surface area contributed by atoms with Crippen LogP contribution in [-0.2, 0) is 4.79 Å². The molecule has 2 aromatic rings. The number of azo groups is 1. The molecule has 1 amide bonds. The van der Waals surface area contributed by atoms with E-state index >= 15 is 0 Å². The van der Waals surface area contributed by atoms with E-state index in [-0.39, 0.29) is 6.04 Å². The Labute approximate surface area is 134 Å². The van der Waals surface area contributed by atoms with Gasteiger partial charge in [-0.15, -0.1) is 0 Å². The molecule has 0 bridgehead atoms. The summed E-state index contributed by atoms with van der Waals surface area (Å²) in [5, 5.41) is 11.7. The molecule has 0 aliphatic rings. The van der Waals surface area contributed by atoms with Gasteiger partial charge in [0.25, 0.3) is 0 Å². The van der Waals surface area contributed by atoms with Gasteiger partial charge in [-0.2, -0.15) is 15.3 Å². The lowest BCUT2D eigenvalue weighted by molar-refractivity contribution is -0.119. The summed E-state index contributed by atoms with van der Waals surface area (Å²) in [7, 11) is 0. The minimum Gasteiger partial charge on any atom is -0.368 e. The molecule has 0 fully saturated rings. The number of carbonyl (C=O) groups excluding carboxylic acids is 1. The van der Waals surface area contributed by atoms with E-state index in [0.29, 0.717) is 18.5 Å². The quantitative estimate of drug-likeness (QED) is 0.702. The van der Waals surface area contributed by atoms with Crippen LogP contribution in [0.3, 0.4) is 0 Å². The van der Waals surface area contributed by atoms with Gasteiger partial charge in [0.05, 0.1) is 11.7 Å². The molecule has 23 heavy (non-hydrogen) atoms. The van der Waals surface area contributed by atoms with Crippen molar-refractivity contribution < 1.29 is 4.79 Å². The number of rotatable bonds is 8. The Bertz CT molecular complexity index is 657. The molecule has 0 radical (unpaired) electrons. The predicted molar refractivity (Wildman–Crippen MR) is 87.5 cm³/mol. The zero-order valence-corrected chi connectivity index (χ0v) is 12.7. The van der Waals surface area contributed by atoms with Crippen molar-refractivity contribution in [2.24, 2.45) is 21.1 Å². The topological polar surface area (TPSA) is 104 Å². The first-order valence-corrected chi connectivity index (χ1v) is 7.37. The number of nitrogens with one attached hydrogen (secondary N) is 1. The molecule has 2 unspecified atom stereocenters. The summed E-state index contributed by atoms with van der Waals surface area (Å²) < 4.78 is 0. The lowest BCUT2D eigenvalue weighted by Gasteiger charge is -2.13. The number of nitrogens with zero attached hydrogens (tertiary/aromatic N) is 3. The van der Waals surface area contributed by atoms with E-state index in [1.807, 2.05) is 48.5 Å². The van der Waals surface area contributed by atoms with Crippen molar-refractivity contribution in [2.75, 3.05) is 0 Å². The van der Waals surface area contributed by atoms with Gasteiger partial charge in [0.15, 0.2) is 0 Å².